The minimum Gasteiger partial charge on any atom is -0.478 e. The lowest BCUT2D eigenvalue weighted by atomic mass is 10.1. The van der Waals surface area contributed by atoms with Crippen molar-refractivity contribution >= 4 is 24.9 Å². The number of hydrogen-bond acceptors (Lipinski definition) is 3. The molecule has 0 aromatic carbocycles. The third kappa shape index (κ3) is 6.19. The van der Waals surface area contributed by atoms with Crippen molar-refractivity contribution in [2.75, 3.05) is 19.2 Å². The summed E-state index contributed by atoms with van der Waals surface area (Å²) in [6.07, 6.45) is -0.467. The van der Waals surface area contributed by atoms with Crippen LogP contribution in [0, 0.1) is 0 Å². The quantitative estimate of drug-likeness (QED) is 0.439. The van der Waals surface area contributed by atoms with Crippen LogP contribution in [0.25, 0.3) is 0 Å². The summed E-state index contributed by atoms with van der Waals surface area (Å²) >= 11 is 5.54. The van der Waals surface area contributed by atoms with Crippen molar-refractivity contribution in [3.05, 3.63) is 12.2 Å². The van der Waals surface area contributed by atoms with Gasteiger partial charge in [-0.25, -0.2) is 4.79 Å². The van der Waals surface area contributed by atoms with E-state index in [1.54, 1.807) is 0 Å². The van der Waals surface area contributed by atoms with Gasteiger partial charge in [-0.05, 0) is 0 Å². The number of carboxylic acids is 1. The van der Waals surface area contributed by atoms with Crippen LogP contribution >= 0.6 is 19.0 Å². The van der Waals surface area contributed by atoms with Crippen LogP contribution in [0.4, 0.5) is 0 Å². The second kappa shape index (κ2) is 5.54. The normalized spacial score (nSPS) is 13.6. The summed E-state index contributed by atoms with van der Waals surface area (Å²) < 4.78 is 16.4. The molecule has 0 saturated carbocycles. The van der Waals surface area contributed by atoms with Crippen LogP contribution in [-0.4, -0.2) is 36.4 Å². The van der Waals surface area contributed by atoms with Gasteiger partial charge in [-0.2, -0.15) is 0 Å². The van der Waals surface area contributed by atoms with Crippen LogP contribution in [0.15, 0.2) is 12.2 Å². The molecule has 1 N–H and O–H groups in total. The van der Waals surface area contributed by atoms with Crippen LogP contribution in [0.2, 0.25) is 0 Å². The molecule has 0 bridgehead atoms. The first kappa shape index (κ1) is 13.7. The molecule has 0 saturated heterocycles. The van der Waals surface area contributed by atoms with E-state index < -0.39 is 19.4 Å². The molecule has 0 radical (unpaired) electrons. The Morgan fingerprint density at radius 3 is 2.43 bits per heavy atom. The van der Waals surface area contributed by atoms with E-state index in [-0.39, 0.29) is 17.9 Å². The van der Waals surface area contributed by atoms with Gasteiger partial charge in [0.1, 0.15) is 0 Å². The zero-order valence-electron chi connectivity index (χ0n) is 8.20. The van der Waals surface area contributed by atoms with E-state index in [2.05, 4.69) is 6.58 Å². The van der Waals surface area contributed by atoms with Crippen molar-refractivity contribution in [2.24, 2.45) is 0 Å². The van der Waals surface area contributed by atoms with E-state index in [1.807, 2.05) is 0 Å². The Balaban J connectivity index is 4.24. The Morgan fingerprint density at radius 2 is 2.14 bits per heavy atom. The van der Waals surface area contributed by atoms with Crippen molar-refractivity contribution in [1.29, 1.82) is 0 Å². The second-order valence-electron chi connectivity index (χ2n) is 3.25. The Hall–Kier alpha value is -0.310. The molecule has 1 atom stereocenters. The number of halogens is 1. The molecule has 1 unspecified atom stereocenters. The van der Waals surface area contributed by atoms with E-state index in [4.69, 9.17) is 21.2 Å². The van der Waals surface area contributed by atoms with Gasteiger partial charge < -0.3 is 9.63 Å². The summed E-state index contributed by atoms with van der Waals surface area (Å²) in [6, 6.07) is 0. The highest BCUT2D eigenvalue weighted by Crippen LogP contribution is 2.40. The number of carbonyl (C=O) groups is 1. The van der Waals surface area contributed by atoms with Gasteiger partial charge in [0.2, 0.25) is 0 Å². The highest BCUT2D eigenvalue weighted by Gasteiger charge is 2.19. The molecule has 82 valence electrons. The maximum atomic E-state index is 11.3. The minimum atomic E-state index is -2.64. The van der Waals surface area contributed by atoms with Crippen LogP contribution in [-0.2, 0) is 13.9 Å². The smallest absolute Gasteiger partial charge is 0.331 e. The first-order valence-corrected chi connectivity index (χ1v) is 7.02. The molecule has 0 rings (SSSR count). The minimum absolute atomic E-state index is 0.00380. The van der Waals surface area contributed by atoms with Gasteiger partial charge >= 0.3 is 5.97 Å². The lowest BCUT2D eigenvalue weighted by Gasteiger charge is -2.17. The van der Waals surface area contributed by atoms with E-state index in [0.29, 0.717) is 0 Å². The average molecular weight is 241 g/mol. The molecule has 4 nitrogen and oxygen atoms in total. The molecule has 0 aliphatic heterocycles. The Morgan fingerprint density at radius 1 is 1.64 bits per heavy atom. The van der Waals surface area contributed by atoms with Crippen molar-refractivity contribution in [2.45, 2.75) is 12.5 Å². The van der Waals surface area contributed by atoms with Crippen molar-refractivity contribution in [3.63, 3.8) is 0 Å². The monoisotopic (exact) mass is 240 g/mol. The maximum Gasteiger partial charge on any atom is 0.331 e. The highest BCUT2D eigenvalue weighted by molar-refractivity contribution is 7.57. The van der Waals surface area contributed by atoms with Crippen molar-refractivity contribution in [1.82, 2.24) is 0 Å². The summed E-state index contributed by atoms with van der Waals surface area (Å²) in [5, 5.41) is 8.56. The molecule has 14 heavy (non-hydrogen) atoms. The standard InChI is InChI=1S/C8H14ClO4P/c1-6(8(10)11)4-7(5-9)13-14(2,3)12/h7H,1,4-5H2,2-3H3,(H,10,11). The summed E-state index contributed by atoms with van der Waals surface area (Å²) in [6.45, 7) is 6.25. The number of hydrogen-bond donors (Lipinski definition) is 1. The molecule has 0 aliphatic carbocycles. The van der Waals surface area contributed by atoms with Gasteiger partial charge in [-0.1, -0.05) is 6.58 Å². The lowest BCUT2D eigenvalue weighted by molar-refractivity contribution is -0.133. The SMILES string of the molecule is C=C(CC(CCl)OP(C)(C)=O)C(=O)O. The third-order valence-corrected chi connectivity index (χ3v) is 2.50. The zero-order valence-corrected chi connectivity index (χ0v) is 9.85. The van der Waals surface area contributed by atoms with Crippen LogP contribution in [0.1, 0.15) is 6.42 Å². The molecular weight excluding hydrogens is 227 g/mol. The third-order valence-electron chi connectivity index (χ3n) is 1.35. The highest BCUT2D eigenvalue weighted by atomic mass is 35.5. The molecule has 0 spiro atoms. The predicted molar refractivity (Wildman–Crippen MR) is 56.4 cm³/mol. The van der Waals surface area contributed by atoms with E-state index in [9.17, 15) is 9.36 Å². The van der Waals surface area contributed by atoms with E-state index in [0.717, 1.165) is 0 Å². The van der Waals surface area contributed by atoms with Gasteiger partial charge in [0.25, 0.3) is 0 Å². The first-order chi connectivity index (χ1) is 6.26. The van der Waals surface area contributed by atoms with Crippen molar-refractivity contribution < 1.29 is 19.0 Å². The van der Waals surface area contributed by atoms with Gasteiger partial charge in [0.05, 0.1) is 6.10 Å². The molecule has 6 heteroatoms. The molecule has 0 fully saturated rings. The molecule has 0 heterocycles. The molecule has 0 amide bonds. The summed E-state index contributed by atoms with van der Waals surface area (Å²) in [5.74, 6) is -0.997. The fourth-order valence-corrected chi connectivity index (χ4v) is 1.97. The van der Waals surface area contributed by atoms with Gasteiger partial charge in [0, 0.05) is 31.2 Å². The lowest BCUT2D eigenvalue weighted by Crippen LogP contribution is -2.16. The van der Waals surface area contributed by atoms with Crippen LogP contribution in [0.3, 0.4) is 0 Å². The van der Waals surface area contributed by atoms with E-state index in [1.165, 1.54) is 13.3 Å². The molecule has 0 aromatic rings. The fraction of sp³-hybridized carbons (Fsp3) is 0.625. The summed E-state index contributed by atoms with van der Waals surface area (Å²) in [7, 11) is -2.64. The topological polar surface area (TPSA) is 63.6 Å². The molecule has 0 aromatic heterocycles. The van der Waals surface area contributed by atoms with E-state index >= 15 is 0 Å². The van der Waals surface area contributed by atoms with Crippen molar-refractivity contribution in [3.8, 4) is 0 Å². The molecular formula is C8H14ClO4P. The Labute approximate surface area is 88.4 Å². The van der Waals surface area contributed by atoms with Crippen LogP contribution < -0.4 is 0 Å². The summed E-state index contributed by atoms with van der Waals surface area (Å²) in [5.41, 5.74) is 0.00380. The Bertz CT molecular complexity index is 271. The summed E-state index contributed by atoms with van der Waals surface area (Å²) in [4.78, 5) is 10.4. The van der Waals surface area contributed by atoms with Gasteiger partial charge in [0.15, 0.2) is 7.37 Å². The number of rotatable bonds is 6. The van der Waals surface area contributed by atoms with Crippen LogP contribution in [0.5, 0.6) is 0 Å². The Kier molecular flexibility index (Phi) is 5.42. The number of aliphatic carboxylic acids is 1. The number of alkyl halides is 1. The second-order valence-corrected chi connectivity index (χ2v) is 6.27. The predicted octanol–water partition coefficient (Wildman–Crippen LogP) is 2.18. The maximum absolute atomic E-state index is 11.3. The number of carboxylic acid groups (broad SMARTS) is 1. The fourth-order valence-electron chi connectivity index (χ4n) is 0.841. The average Bonchev–Trinajstić information content (AvgIpc) is 2.00. The first-order valence-electron chi connectivity index (χ1n) is 3.96. The van der Waals surface area contributed by atoms with Gasteiger partial charge in [-0.15, -0.1) is 11.6 Å². The van der Waals surface area contributed by atoms with Gasteiger partial charge in [-0.3, -0.25) is 4.57 Å². The molecule has 0 aliphatic rings. The zero-order chi connectivity index (χ0) is 11.4. The largest absolute Gasteiger partial charge is 0.478 e.